The van der Waals surface area contributed by atoms with Gasteiger partial charge in [-0.05, 0) is 49.1 Å². The number of ether oxygens (including phenoxy) is 1. The maximum Gasteiger partial charge on any atom is 0.260 e. The van der Waals surface area contributed by atoms with Crippen molar-refractivity contribution in [3.05, 3.63) is 53.3 Å². The molecule has 2 saturated heterocycles. The zero-order valence-corrected chi connectivity index (χ0v) is 20.9. The highest BCUT2D eigenvalue weighted by molar-refractivity contribution is 6.08. The minimum Gasteiger partial charge on any atom is -0.497 e. The molecule has 1 unspecified atom stereocenters. The van der Waals surface area contributed by atoms with Crippen LogP contribution in [0.1, 0.15) is 47.4 Å². The van der Waals surface area contributed by atoms with Crippen LogP contribution >= 0.6 is 0 Å². The van der Waals surface area contributed by atoms with Crippen LogP contribution in [0.25, 0.3) is 11.1 Å². The lowest BCUT2D eigenvalue weighted by atomic mass is 9.84. The first-order valence-electron chi connectivity index (χ1n) is 12.6. The second-order valence-corrected chi connectivity index (χ2v) is 10.0. The topological polar surface area (TPSA) is 148 Å². The molecule has 11 nitrogen and oxygen atoms in total. The number of aromatic nitrogens is 1. The third-order valence-corrected chi connectivity index (χ3v) is 7.84. The molecule has 6 rings (SSSR count). The summed E-state index contributed by atoms with van der Waals surface area (Å²) < 4.78 is 11.5. The van der Waals surface area contributed by atoms with Crippen molar-refractivity contribution in [2.24, 2.45) is 11.7 Å². The van der Waals surface area contributed by atoms with Crippen LogP contribution in [-0.2, 0) is 26.5 Å². The van der Waals surface area contributed by atoms with E-state index < -0.39 is 17.4 Å². The van der Waals surface area contributed by atoms with Crippen LogP contribution in [0.3, 0.4) is 0 Å². The van der Waals surface area contributed by atoms with Crippen LogP contribution in [0.5, 0.6) is 5.75 Å². The van der Waals surface area contributed by atoms with Gasteiger partial charge in [0.1, 0.15) is 22.8 Å². The summed E-state index contributed by atoms with van der Waals surface area (Å²) in [6, 6.07) is 10.5. The van der Waals surface area contributed by atoms with Gasteiger partial charge in [0.25, 0.3) is 11.8 Å². The third-order valence-electron chi connectivity index (χ3n) is 7.84. The van der Waals surface area contributed by atoms with Crippen LogP contribution in [0.15, 0.2) is 40.8 Å². The molecule has 0 saturated carbocycles. The monoisotopic (exact) mass is 517 g/mol. The standard InChI is InChI=1S/C27H27N5O6/c1-37-17-5-4-15-14-32(25(35)18(15)11-17)27(9-8-23(33)30-26(27)36)21-12-19-20(38-21)6-7-22(29-19)31-10-2-3-16(13-31)24(28)34/h4-7,11-12,16H,2-3,8-10,13-14H2,1H3,(H2,28,34)(H,30,33,36)/t16?,27-/m1/s1. The first-order chi connectivity index (χ1) is 18.3. The lowest BCUT2D eigenvalue weighted by Crippen LogP contribution is -2.60. The number of benzene rings is 1. The van der Waals surface area contributed by atoms with Gasteiger partial charge >= 0.3 is 0 Å². The number of piperidine rings is 2. The summed E-state index contributed by atoms with van der Waals surface area (Å²) in [7, 11) is 1.52. The van der Waals surface area contributed by atoms with E-state index >= 15 is 0 Å². The molecule has 3 aliphatic heterocycles. The van der Waals surface area contributed by atoms with Crippen LogP contribution in [0.2, 0.25) is 0 Å². The van der Waals surface area contributed by atoms with Gasteiger partial charge in [0.15, 0.2) is 11.1 Å². The van der Waals surface area contributed by atoms with Gasteiger partial charge in [-0.3, -0.25) is 24.5 Å². The van der Waals surface area contributed by atoms with Crippen LogP contribution in [0, 0.1) is 5.92 Å². The first-order valence-corrected chi connectivity index (χ1v) is 12.6. The summed E-state index contributed by atoms with van der Waals surface area (Å²) in [6.45, 7) is 1.40. The number of primary amides is 1. The molecule has 0 bridgehead atoms. The minimum absolute atomic E-state index is 0.0488. The number of hydrogen-bond donors (Lipinski definition) is 2. The third kappa shape index (κ3) is 3.68. The summed E-state index contributed by atoms with van der Waals surface area (Å²) in [5.74, 6) is -0.474. The Bertz CT molecular complexity index is 1500. The molecule has 38 heavy (non-hydrogen) atoms. The van der Waals surface area contributed by atoms with Gasteiger partial charge in [0, 0.05) is 37.7 Å². The maximum atomic E-state index is 13.6. The Hall–Kier alpha value is -4.41. The van der Waals surface area contributed by atoms with Crippen molar-refractivity contribution in [1.29, 1.82) is 0 Å². The second kappa shape index (κ2) is 8.86. The molecule has 3 aliphatic rings. The predicted octanol–water partition coefficient (Wildman–Crippen LogP) is 1.83. The minimum atomic E-state index is -1.53. The van der Waals surface area contributed by atoms with Crippen LogP contribution in [0.4, 0.5) is 5.82 Å². The van der Waals surface area contributed by atoms with Gasteiger partial charge < -0.3 is 24.7 Å². The molecule has 4 amide bonds. The Morgan fingerprint density at radius 2 is 2.05 bits per heavy atom. The number of carbonyl (C=O) groups is 4. The van der Waals surface area contributed by atoms with Gasteiger partial charge in [0.2, 0.25) is 11.8 Å². The summed E-state index contributed by atoms with van der Waals surface area (Å²) in [6.07, 6.45) is 1.70. The molecule has 0 radical (unpaired) electrons. The lowest BCUT2D eigenvalue weighted by Gasteiger charge is -2.40. The van der Waals surface area contributed by atoms with E-state index in [2.05, 4.69) is 5.32 Å². The largest absolute Gasteiger partial charge is 0.497 e. The second-order valence-electron chi connectivity index (χ2n) is 10.0. The zero-order valence-electron chi connectivity index (χ0n) is 20.9. The number of imide groups is 1. The zero-order chi connectivity index (χ0) is 26.6. The number of methoxy groups -OCH3 is 1. The predicted molar refractivity (Wildman–Crippen MR) is 135 cm³/mol. The number of carbonyl (C=O) groups excluding carboxylic acids is 4. The van der Waals surface area contributed by atoms with E-state index in [4.69, 9.17) is 19.9 Å². The Kier molecular flexibility index (Phi) is 5.59. The molecule has 3 N–H and O–H groups in total. The maximum absolute atomic E-state index is 13.6. The average molecular weight is 518 g/mol. The highest BCUT2D eigenvalue weighted by Gasteiger charge is 2.55. The van der Waals surface area contributed by atoms with Gasteiger partial charge in [-0.2, -0.15) is 0 Å². The fraction of sp³-hybridized carbons (Fsp3) is 0.370. The highest BCUT2D eigenvalue weighted by atomic mass is 16.5. The average Bonchev–Trinajstić information content (AvgIpc) is 3.50. The molecule has 2 atom stereocenters. The van der Waals surface area contributed by atoms with E-state index in [0.717, 1.165) is 24.9 Å². The molecule has 0 spiro atoms. The van der Waals surface area contributed by atoms with Crippen molar-refractivity contribution in [2.75, 3.05) is 25.1 Å². The number of nitrogens with zero attached hydrogens (tertiary/aromatic N) is 3. The fourth-order valence-corrected chi connectivity index (χ4v) is 5.75. The summed E-state index contributed by atoms with van der Waals surface area (Å²) in [4.78, 5) is 59.3. The Labute approximate surface area is 217 Å². The number of nitrogens with one attached hydrogen (secondary N) is 1. The van der Waals surface area contributed by atoms with Crippen molar-refractivity contribution < 1.29 is 28.3 Å². The number of nitrogens with two attached hydrogens (primary N) is 1. The van der Waals surface area contributed by atoms with Gasteiger partial charge in [-0.25, -0.2) is 4.98 Å². The van der Waals surface area contributed by atoms with E-state index in [0.29, 0.717) is 34.8 Å². The first kappa shape index (κ1) is 24.0. The number of furan rings is 1. The normalized spacial score (nSPS) is 23.5. The SMILES string of the molecule is COc1ccc2c(c1)C(=O)N([C@@]1(c3cc4nc(N5CCCC(C(N)=O)C5)ccc4o3)CCC(=O)NC1=O)C2. The lowest BCUT2D eigenvalue weighted by molar-refractivity contribution is -0.144. The van der Waals surface area contributed by atoms with Crippen molar-refractivity contribution in [1.82, 2.24) is 15.2 Å². The van der Waals surface area contributed by atoms with E-state index in [9.17, 15) is 19.2 Å². The molecule has 196 valence electrons. The summed E-state index contributed by atoms with van der Waals surface area (Å²) in [5, 5.41) is 2.41. The van der Waals surface area contributed by atoms with Crippen LogP contribution < -0.4 is 20.7 Å². The van der Waals surface area contributed by atoms with E-state index in [1.807, 2.05) is 4.90 Å². The van der Waals surface area contributed by atoms with Crippen molar-refractivity contribution in [3.63, 3.8) is 0 Å². The molecule has 11 heteroatoms. The number of rotatable bonds is 5. The molecule has 5 heterocycles. The van der Waals surface area contributed by atoms with E-state index in [-0.39, 0.29) is 42.9 Å². The van der Waals surface area contributed by atoms with Crippen LogP contribution in [-0.4, -0.2) is 53.7 Å². The molecule has 0 aliphatic carbocycles. The van der Waals surface area contributed by atoms with Crippen molar-refractivity contribution >= 4 is 40.5 Å². The molecule has 2 fully saturated rings. The molecule has 2 aromatic heterocycles. The number of pyridine rings is 1. The van der Waals surface area contributed by atoms with Crippen molar-refractivity contribution in [3.8, 4) is 5.75 Å². The van der Waals surface area contributed by atoms with Crippen molar-refractivity contribution in [2.45, 2.75) is 37.8 Å². The Balaban J connectivity index is 1.40. The number of amides is 4. The van der Waals surface area contributed by atoms with Gasteiger partial charge in [-0.15, -0.1) is 0 Å². The number of fused-ring (bicyclic) bond motifs is 2. The summed E-state index contributed by atoms with van der Waals surface area (Å²) in [5.41, 5.74) is 6.16. The molecule has 3 aromatic rings. The quantitative estimate of drug-likeness (QED) is 0.487. The van der Waals surface area contributed by atoms with E-state index in [1.165, 1.54) is 12.0 Å². The number of hydrogen-bond acceptors (Lipinski definition) is 8. The fourth-order valence-electron chi connectivity index (χ4n) is 5.75. The highest BCUT2D eigenvalue weighted by Crippen LogP contribution is 2.43. The number of anilines is 1. The molecule has 1 aromatic carbocycles. The molecular weight excluding hydrogens is 490 g/mol. The van der Waals surface area contributed by atoms with E-state index in [1.54, 1.807) is 36.4 Å². The smallest absolute Gasteiger partial charge is 0.260 e. The Morgan fingerprint density at radius 1 is 1.21 bits per heavy atom. The van der Waals surface area contributed by atoms with Gasteiger partial charge in [0.05, 0.1) is 13.0 Å². The van der Waals surface area contributed by atoms with Gasteiger partial charge in [-0.1, -0.05) is 6.07 Å². The molecular formula is C27H27N5O6. The summed E-state index contributed by atoms with van der Waals surface area (Å²) >= 11 is 0. The Morgan fingerprint density at radius 3 is 2.82 bits per heavy atom.